The van der Waals surface area contributed by atoms with Crippen LogP contribution in [-0.4, -0.2) is 11.8 Å². The second-order valence-corrected chi connectivity index (χ2v) is 8.84. The first-order valence-corrected chi connectivity index (χ1v) is 10.7. The van der Waals surface area contributed by atoms with Crippen LogP contribution in [0.15, 0.2) is 30.3 Å². The first-order valence-electron chi connectivity index (χ1n) is 9.92. The summed E-state index contributed by atoms with van der Waals surface area (Å²) in [5.74, 6) is 0.409. The quantitative estimate of drug-likeness (QED) is 0.664. The van der Waals surface area contributed by atoms with Gasteiger partial charge in [-0.2, -0.15) is 0 Å². The van der Waals surface area contributed by atoms with Crippen molar-refractivity contribution in [3.8, 4) is 0 Å². The van der Waals surface area contributed by atoms with Gasteiger partial charge in [0.15, 0.2) is 0 Å². The number of fused-ring (bicyclic) bond motifs is 1. The lowest BCUT2D eigenvalue weighted by Gasteiger charge is -2.20. The first kappa shape index (κ1) is 20.3. The number of hydrogen-bond donors (Lipinski definition) is 2. The van der Waals surface area contributed by atoms with Crippen molar-refractivity contribution in [2.75, 3.05) is 5.32 Å². The molecule has 1 aliphatic carbocycles. The summed E-state index contributed by atoms with van der Waals surface area (Å²) in [6, 6.07) is 8.15. The van der Waals surface area contributed by atoms with E-state index >= 15 is 0 Å². The van der Waals surface area contributed by atoms with Gasteiger partial charge in [-0.1, -0.05) is 51.5 Å². The third-order valence-corrected chi connectivity index (χ3v) is 6.63. The van der Waals surface area contributed by atoms with E-state index in [9.17, 15) is 9.59 Å². The number of hydrogen-bond acceptors (Lipinski definition) is 3. The number of nitrogens with one attached hydrogen (secondary N) is 1. The number of nitrogens with two attached hydrogens (primary N) is 1. The smallest absolute Gasteiger partial charge is 0.251 e. The Hall–Kier alpha value is -2.40. The largest absolute Gasteiger partial charge is 0.365 e. The van der Waals surface area contributed by atoms with Crippen LogP contribution in [0.4, 0.5) is 5.00 Å². The number of carbonyl (C=O) groups is 2. The fourth-order valence-electron chi connectivity index (χ4n) is 3.67. The van der Waals surface area contributed by atoms with Crippen molar-refractivity contribution < 1.29 is 9.59 Å². The number of carbonyl (C=O) groups excluding carboxylic acids is 2. The molecular formula is C23H28N2O2S. The summed E-state index contributed by atoms with van der Waals surface area (Å²) < 4.78 is 0. The van der Waals surface area contributed by atoms with Gasteiger partial charge >= 0.3 is 0 Å². The topological polar surface area (TPSA) is 72.2 Å². The summed E-state index contributed by atoms with van der Waals surface area (Å²) in [6.07, 6.45) is 7.30. The van der Waals surface area contributed by atoms with Crippen LogP contribution in [0, 0.1) is 5.92 Å². The Morgan fingerprint density at radius 3 is 2.61 bits per heavy atom. The van der Waals surface area contributed by atoms with Crippen LogP contribution in [0.25, 0.3) is 6.08 Å². The van der Waals surface area contributed by atoms with Gasteiger partial charge in [0.05, 0.1) is 5.56 Å². The molecule has 1 aliphatic rings. The predicted molar refractivity (Wildman–Crippen MR) is 117 cm³/mol. The highest BCUT2D eigenvalue weighted by molar-refractivity contribution is 7.17. The van der Waals surface area contributed by atoms with Crippen molar-refractivity contribution in [1.82, 2.24) is 0 Å². The fourth-order valence-corrected chi connectivity index (χ4v) is 5.04. The molecule has 1 heterocycles. The van der Waals surface area contributed by atoms with Crippen LogP contribution in [0.2, 0.25) is 0 Å². The normalized spacial score (nSPS) is 16.4. The molecule has 3 rings (SSSR count). The second-order valence-electron chi connectivity index (χ2n) is 7.73. The molecule has 1 aromatic carbocycles. The molecule has 0 radical (unpaired) electrons. The molecule has 0 aliphatic heterocycles. The maximum Gasteiger partial charge on any atom is 0.251 e. The van der Waals surface area contributed by atoms with Crippen LogP contribution in [0.5, 0.6) is 0 Å². The van der Waals surface area contributed by atoms with Crippen molar-refractivity contribution in [3.63, 3.8) is 0 Å². The average molecular weight is 397 g/mol. The third kappa shape index (κ3) is 4.53. The third-order valence-electron chi connectivity index (χ3n) is 5.46. The van der Waals surface area contributed by atoms with E-state index in [0.29, 0.717) is 22.4 Å². The lowest BCUT2D eigenvalue weighted by Crippen LogP contribution is -2.19. The van der Waals surface area contributed by atoms with E-state index in [-0.39, 0.29) is 5.91 Å². The highest BCUT2D eigenvalue weighted by Crippen LogP contribution is 2.40. The number of rotatable bonds is 6. The molecule has 0 unspecified atom stereocenters. The van der Waals surface area contributed by atoms with E-state index in [1.165, 1.54) is 27.9 Å². The molecule has 2 amide bonds. The van der Waals surface area contributed by atoms with E-state index in [2.05, 4.69) is 38.2 Å². The molecule has 3 N–H and O–H groups in total. The van der Waals surface area contributed by atoms with Crippen LogP contribution in [0.3, 0.4) is 0 Å². The Bertz CT molecular complexity index is 894. The van der Waals surface area contributed by atoms with E-state index < -0.39 is 5.91 Å². The van der Waals surface area contributed by atoms with Gasteiger partial charge in [-0.15, -0.1) is 11.3 Å². The van der Waals surface area contributed by atoms with Crippen molar-refractivity contribution in [1.29, 1.82) is 0 Å². The van der Waals surface area contributed by atoms with Gasteiger partial charge in [-0.05, 0) is 53.9 Å². The molecule has 0 fully saturated rings. The highest BCUT2D eigenvalue weighted by atomic mass is 32.1. The molecule has 0 saturated carbocycles. The number of thiophene rings is 1. The van der Waals surface area contributed by atoms with Crippen LogP contribution >= 0.6 is 11.3 Å². The van der Waals surface area contributed by atoms with E-state index in [4.69, 9.17) is 5.73 Å². The van der Waals surface area contributed by atoms with Crippen molar-refractivity contribution in [2.45, 2.75) is 52.4 Å². The molecular weight excluding hydrogens is 368 g/mol. The van der Waals surface area contributed by atoms with Gasteiger partial charge < -0.3 is 11.1 Å². The minimum atomic E-state index is -0.462. The Kier molecular flexibility index (Phi) is 6.35. The fraction of sp³-hybridized carbons (Fsp3) is 0.391. The first-order chi connectivity index (χ1) is 13.4. The summed E-state index contributed by atoms with van der Waals surface area (Å²) in [6.45, 7) is 6.50. The zero-order chi connectivity index (χ0) is 20.3. The molecule has 2 aromatic rings. The van der Waals surface area contributed by atoms with Gasteiger partial charge in [0.25, 0.3) is 5.91 Å². The molecule has 148 valence electrons. The van der Waals surface area contributed by atoms with E-state index in [0.717, 1.165) is 36.8 Å². The summed E-state index contributed by atoms with van der Waals surface area (Å²) in [4.78, 5) is 25.6. The van der Waals surface area contributed by atoms with Gasteiger partial charge in [-0.3, -0.25) is 9.59 Å². The number of amides is 2. The molecule has 5 heteroatoms. The molecule has 0 spiro atoms. The maximum atomic E-state index is 12.4. The highest BCUT2D eigenvalue weighted by Gasteiger charge is 2.27. The predicted octanol–water partition coefficient (Wildman–Crippen LogP) is 5.14. The lowest BCUT2D eigenvalue weighted by molar-refractivity contribution is -0.111. The SMILES string of the molecule is CC[C@@H]1CCc2c(sc(NC(=O)/C=C\c3ccc(C(C)C)cc3)c2C(N)=O)C1. The van der Waals surface area contributed by atoms with Crippen molar-refractivity contribution in [3.05, 3.63) is 57.5 Å². The number of anilines is 1. The van der Waals surface area contributed by atoms with Gasteiger partial charge in [0.2, 0.25) is 5.91 Å². The van der Waals surface area contributed by atoms with Gasteiger partial charge in [0, 0.05) is 11.0 Å². The van der Waals surface area contributed by atoms with E-state index in [1.54, 1.807) is 6.08 Å². The van der Waals surface area contributed by atoms with Crippen LogP contribution in [0.1, 0.15) is 71.5 Å². The minimum absolute atomic E-state index is 0.249. The van der Waals surface area contributed by atoms with Crippen LogP contribution in [-0.2, 0) is 17.6 Å². The van der Waals surface area contributed by atoms with Gasteiger partial charge in [-0.25, -0.2) is 0 Å². The maximum absolute atomic E-state index is 12.4. The number of benzene rings is 1. The number of primary amides is 1. The molecule has 4 nitrogen and oxygen atoms in total. The van der Waals surface area contributed by atoms with Crippen molar-refractivity contribution >= 4 is 34.2 Å². The molecule has 0 bridgehead atoms. The summed E-state index contributed by atoms with van der Waals surface area (Å²) >= 11 is 1.50. The zero-order valence-electron chi connectivity index (χ0n) is 16.7. The summed E-state index contributed by atoms with van der Waals surface area (Å²) in [5, 5.41) is 3.46. The Morgan fingerprint density at radius 1 is 1.29 bits per heavy atom. The van der Waals surface area contributed by atoms with E-state index in [1.807, 2.05) is 12.1 Å². The average Bonchev–Trinajstić information content (AvgIpc) is 3.03. The molecule has 0 saturated heterocycles. The molecule has 1 atom stereocenters. The standard InChI is InChI=1S/C23H28N2O2S/c1-4-15-7-11-18-19(13-15)28-23(21(18)22(24)27)25-20(26)12-8-16-5-9-17(10-6-16)14(2)3/h5-6,8-10,12,14-15H,4,7,11,13H2,1-3H3,(H2,24,27)(H,25,26)/b12-8-/t15-/m1/s1. The Balaban J connectivity index is 1.75. The molecule has 1 aromatic heterocycles. The Morgan fingerprint density at radius 2 is 2.00 bits per heavy atom. The summed E-state index contributed by atoms with van der Waals surface area (Å²) in [7, 11) is 0. The summed E-state index contributed by atoms with van der Waals surface area (Å²) in [5.41, 5.74) is 9.39. The van der Waals surface area contributed by atoms with Crippen molar-refractivity contribution in [2.24, 2.45) is 11.7 Å². The Labute approximate surface area is 170 Å². The lowest BCUT2D eigenvalue weighted by atomic mass is 9.85. The zero-order valence-corrected chi connectivity index (χ0v) is 17.6. The van der Waals surface area contributed by atoms with Gasteiger partial charge in [0.1, 0.15) is 5.00 Å². The minimum Gasteiger partial charge on any atom is -0.365 e. The second kappa shape index (κ2) is 8.74. The monoisotopic (exact) mass is 396 g/mol. The van der Waals surface area contributed by atoms with Crippen LogP contribution < -0.4 is 11.1 Å². The molecule has 28 heavy (non-hydrogen) atoms.